The molecule has 2 aromatic rings. The van der Waals surface area contributed by atoms with Crippen LogP contribution in [0.3, 0.4) is 0 Å². The van der Waals surface area contributed by atoms with Gasteiger partial charge in [0.25, 0.3) is 0 Å². The Hall–Kier alpha value is -2.89. The Bertz CT molecular complexity index is 742. The fourth-order valence-electron chi connectivity index (χ4n) is 2.38. The molecule has 6 heteroatoms. The standard InChI is InChI=1S/C16H12FNO3.CH3F/c17-10-3-6-14-12(7-10)13(16(20)21)8-15(18-14)9-1-4-11(19)5-2-9;1-2/h1-8,15,18-19H,(H,20,21);1H3. The topological polar surface area (TPSA) is 69.6 Å². The number of phenols is 1. The van der Waals surface area contributed by atoms with Crippen molar-refractivity contribution in [3.05, 3.63) is 65.5 Å². The van der Waals surface area contributed by atoms with Crippen molar-refractivity contribution in [3.63, 3.8) is 0 Å². The molecule has 0 spiro atoms. The van der Waals surface area contributed by atoms with Gasteiger partial charge in [0.15, 0.2) is 0 Å². The largest absolute Gasteiger partial charge is 0.508 e. The van der Waals surface area contributed by atoms with Gasteiger partial charge in [0, 0.05) is 11.3 Å². The number of hydrogen-bond acceptors (Lipinski definition) is 3. The third-order valence-electron chi connectivity index (χ3n) is 3.40. The summed E-state index contributed by atoms with van der Waals surface area (Å²) in [6, 6.07) is 10.1. The number of phenolic OH excluding ortho intramolecular Hbond substituents is 1. The molecule has 0 aromatic heterocycles. The lowest BCUT2D eigenvalue weighted by Gasteiger charge is -2.25. The van der Waals surface area contributed by atoms with Gasteiger partial charge in [-0.1, -0.05) is 12.1 Å². The number of benzene rings is 2. The van der Waals surface area contributed by atoms with Crippen molar-refractivity contribution in [3.8, 4) is 5.75 Å². The molecular formula is C17H15F2NO3. The summed E-state index contributed by atoms with van der Waals surface area (Å²) < 4.78 is 22.8. The zero-order valence-electron chi connectivity index (χ0n) is 12.3. The van der Waals surface area contributed by atoms with Crippen molar-refractivity contribution in [2.45, 2.75) is 6.04 Å². The minimum absolute atomic E-state index is 0.0568. The fourth-order valence-corrected chi connectivity index (χ4v) is 2.38. The van der Waals surface area contributed by atoms with E-state index in [0.717, 1.165) is 5.56 Å². The summed E-state index contributed by atoms with van der Waals surface area (Å²) in [5.74, 6) is -1.45. The number of nitrogens with one attached hydrogen (secondary N) is 1. The number of aromatic hydroxyl groups is 1. The van der Waals surface area contributed by atoms with Crippen LogP contribution < -0.4 is 5.32 Å². The molecule has 120 valence electrons. The van der Waals surface area contributed by atoms with Gasteiger partial charge in [-0.25, -0.2) is 9.18 Å². The molecule has 1 unspecified atom stereocenters. The Morgan fingerprint density at radius 1 is 1.13 bits per heavy atom. The maximum Gasteiger partial charge on any atom is 0.336 e. The van der Waals surface area contributed by atoms with E-state index in [0.29, 0.717) is 18.4 Å². The highest BCUT2D eigenvalue weighted by Gasteiger charge is 2.24. The van der Waals surface area contributed by atoms with Crippen LogP contribution >= 0.6 is 0 Å². The van der Waals surface area contributed by atoms with Crippen molar-refractivity contribution in [1.29, 1.82) is 0 Å². The average Bonchev–Trinajstić information content (AvgIpc) is 2.56. The summed E-state index contributed by atoms with van der Waals surface area (Å²) in [6.07, 6.45) is 1.54. The lowest BCUT2D eigenvalue weighted by molar-refractivity contribution is -0.130. The SMILES string of the molecule is CF.O=C(O)C1=CC(c2ccc(O)cc2)Nc2ccc(F)cc21. The number of alkyl halides is 1. The zero-order chi connectivity index (χ0) is 17.0. The maximum atomic E-state index is 13.3. The van der Waals surface area contributed by atoms with E-state index in [9.17, 15) is 23.8 Å². The molecule has 0 saturated heterocycles. The van der Waals surface area contributed by atoms with E-state index in [1.807, 2.05) is 0 Å². The average molecular weight is 319 g/mol. The minimum atomic E-state index is -1.10. The molecule has 0 amide bonds. The molecule has 0 saturated carbocycles. The predicted octanol–water partition coefficient (Wildman–Crippen LogP) is 3.75. The molecule has 1 heterocycles. The molecule has 0 aliphatic carbocycles. The first kappa shape index (κ1) is 16.5. The molecule has 3 N–H and O–H groups in total. The van der Waals surface area contributed by atoms with E-state index >= 15 is 0 Å². The van der Waals surface area contributed by atoms with Crippen LogP contribution in [0.5, 0.6) is 5.75 Å². The van der Waals surface area contributed by atoms with E-state index in [1.54, 1.807) is 12.1 Å². The second-order valence-corrected chi connectivity index (χ2v) is 4.79. The van der Waals surface area contributed by atoms with Gasteiger partial charge in [0.05, 0.1) is 18.8 Å². The minimum Gasteiger partial charge on any atom is -0.508 e. The third kappa shape index (κ3) is 3.48. The molecule has 1 aliphatic rings. The monoisotopic (exact) mass is 319 g/mol. The van der Waals surface area contributed by atoms with Crippen LogP contribution in [0, 0.1) is 5.82 Å². The number of carboxylic acids is 1. The Kier molecular flexibility index (Phi) is 4.95. The molecule has 1 atom stereocenters. The van der Waals surface area contributed by atoms with Crippen LogP contribution in [0.1, 0.15) is 17.2 Å². The van der Waals surface area contributed by atoms with Crippen molar-refractivity contribution in [2.75, 3.05) is 12.5 Å². The van der Waals surface area contributed by atoms with E-state index in [2.05, 4.69) is 5.32 Å². The molecule has 0 radical (unpaired) electrons. The van der Waals surface area contributed by atoms with E-state index in [-0.39, 0.29) is 17.4 Å². The highest BCUT2D eigenvalue weighted by atomic mass is 19.1. The van der Waals surface area contributed by atoms with Gasteiger partial charge >= 0.3 is 5.97 Å². The van der Waals surface area contributed by atoms with Crippen LogP contribution in [0.25, 0.3) is 5.57 Å². The second-order valence-electron chi connectivity index (χ2n) is 4.79. The van der Waals surface area contributed by atoms with Gasteiger partial charge < -0.3 is 15.5 Å². The quantitative estimate of drug-likeness (QED) is 0.788. The Morgan fingerprint density at radius 3 is 2.39 bits per heavy atom. The number of hydrogen-bond donors (Lipinski definition) is 3. The summed E-state index contributed by atoms with van der Waals surface area (Å²) in [7, 11) is 0.500. The van der Waals surface area contributed by atoms with Gasteiger partial charge in [-0.05, 0) is 42.0 Å². The van der Waals surface area contributed by atoms with Crippen LogP contribution in [0.2, 0.25) is 0 Å². The van der Waals surface area contributed by atoms with Crippen molar-refractivity contribution in [1.82, 2.24) is 0 Å². The summed E-state index contributed by atoms with van der Waals surface area (Å²) in [6.45, 7) is 0. The van der Waals surface area contributed by atoms with Gasteiger partial charge in [0.1, 0.15) is 11.6 Å². The Morgan fingerprint density at radius 2 is 1.78 bits per heavy atom. The van der Waals surface area contributed by atoms with Crippen molar-refractivity contribution >= 4 is 17.2 Å². The molecule has 2 aromatic carbocycles. The highest BCUT2D eigenvalue weighted by molar-refractivity contribution is 6.18. The van der Waals surface area contributed by atoms with Gasteiger partial charge in [-0.2, -0.15) is 0 Å². The third-order valence-corrected chi connectivity index (χ3v) is 3.40. The van der Waals surface area contributed by atoms with Gasteiger partial charge in [-0.15, -0.1) is 0 Å². The number of carbonyl (C=O) groups is 1. The summed E-state index contributed by atoms with van der Waals surface area (Å²) in [5.41, 5.74) is 1.76. The second kappa shape index (κ2) is 6.91. The molecule has 4 nitrogen and oxygen atoms in total. The normalized spacial score (nSPS) is 15.4. The molecule has 0 fully saturated rings. The molecule has 0 bridgehead atoms. The first-order valence-electron chi connectivity index (χ1n) is 6.73. The van der Waals surface area contributed by atoms with E-state index in [1.165, 1.54) is 36.4 Å². The van der Waals surface area contributed by atoms with Crippen LogP contribution in [0.4, 0.5) is 14.5 Å². The lowest BCUT2D eigenvalue weighted by atomic mass is 9.93. The van der Waals surface area contributed by atoms with E-state index in [4.69, 9.17) is 0 Å². The maximum absolute atomic E-state index is 13.3. The van der Waals surface area contributed by atoms with Gasteiger partial charge in [-0.3, -0.25) is 4.39 Å². The summed E-state index contributed by atoms with van der Waals surface area (Å²) in [5, 5.41) is 21.8. The van der Waals surface area contributed by atoms with Crippen LogP contribution in [-0.2, 0) is 4.79 Å². The molecule has 3 rings (SSSR count). The fraction of sp³-hybridized carbons (Fsp3) is 0.118. The van der Waals surface area contributed by atoms with Crippen molar-refractivity contribution < 1.29 is 23.8 Å². The number of fused-ring (bicyclic) bond motifs is 1. The van der Waals surface area contributed by atoms with Crippen LogP contribution in [0.15, 0.2) is 48.5 Å². The number of aliphatic carboxylic acids is 1. The first-order chi connectivity index (χ1) is 11.0. The van der Waals surface area contributed by atoms with Gasteiger partial charge in [0.2, 0.25) is 0 Å². The highest BCUT2D eigenvalue weighted by Crippen LogP contribution is 2.36. The summed E-state index contributed by atoms with van der Waals surface area (Å²) in [4.78, 5) is 11.4. The predicted molar refractivity (Wildman–Crippen MR) is 83.5 cm³/mol. The Labute approximate surface area is 131 Å². The number of halogens is 2. The molecular weight excluding hydrogens is 304 g/mol. The van der Waals surface area contributed by atoms with Crippen molar-refractivity contribution in [2.24, 2.45) is 0 Å². The number of anilines is 1. The van der Waals surface area contributed by atoms with E-state index < -0.39 is 11.8 Å². The summed E-state index contributed by atoms with van der Waals surface area (Å²) >= 11 is 0. The number of carboxylic acid groups (broad SMARTS) is 1. The van der Waals surface area contributed by atoms with Crippen LogP contribution in [-0.4, -0.2) is 23.4 Å². The molecule has 1 aliphatic heterocycles. The smallest absolute Gasteiger partial charge is 0.336 e. The molecule has 23 heavy (non-hydrogen) atoms. The Balaban J connectivity index is 0.000000924. The number of rotatable bonds is 2. The zero-order valence-corrected chi connectivity index (χ0v) is 12.3. The first-order valence-corrected chi connectivity index (χ1v) is 6.73. The lowest BCUT2D eigenvalue weighted by Crippen LogP contribution is -2.17.